The maximum atomic E-state index is 6.31. The number of ether oxygens (including phenoxy) is 2. The normalized spacial score (nSPS) is 16.4. The molecule has 0 spiro atoms. The van der Waals surface area contributed by atoms with E-state index in [0.717, 1.165) is 17.9 Å². The molecule has 2 rings (SSSR count). The van der Waals surface area contributed by atoms with Crippen molar-refractivity contribution in [2.24, 2.45) is 5.92 Å². The molecule has 1 N–H and O–H groups in total. The Kier molecular flexibility index (Phi) is 4.36. The van der Waals surface area contributed by atoms with Crippen LogP contribution < -0.4 is 14.8 Å². The molecule has 0 aliphatic heterocycles. The first-order valence-electron chi connectivity index (χ1n) is 6.36. The lowest BCUT2D eigenvalue weighted by molar-refractivity contribution is 0.380. The Balaban J connectivity index is 2.38. The molecule has 100 valence electrons. The highest BCUT2D eigenvalue weighted by Gasteiger charge is 2.34. The van der Waals surface area contributed by atoms with Crippen LogP contribution in [-0.4, -0.2) is 20.8 Å². The van der Waals surface area contributed by atoms with E-state index < -0.39 is 0 Å². The van der Waals surface area contributed by atoms with Crippen molar-refractivity contribution in [1.82, 2.24) is 5.32 Å². The van der Waals surface area contributed by atoms with Crippen molar-refractivity contribution in [1.29, 1.82) is 0 Å². The Morgan fingerprint density at radius 2 is 2.06 bits per heavy atom. The highest BCUT2D eigenvalue weighted by Crippen LogP contribution is 2.47. The number of hydrogen-bond donors (Lipinski definition) is 1. The van der Waals surface area contributed by atoms with Crippen LogP contribution in [0.5, 0.6) is 11.5 Å². The third-order valence-electron chi connectivity index (χ3n) is 3.37. The topological polar surface area (TPSA) is 30.5 Å². The molecule has 0 amide bonds. The zero-order valence-corrected chi connectivity index (χ0v) is 11.9. The highest BCUT2D eigenvalue weighted by atomic mass is 35.5. The molecule has 0 heterocycles. The van der Waals surface area contributed by atoms with E-state index in [9.17, 15) is 0 Å². The third kappa shape index (κ3) is 2.57. The van der Waals surface area contributed by atoms with Crippen LogP contribution in [0.2, 0.25) is 5.02 Å². The summed E-state index contributed by atoms with van der Waals surface area (Å²) in [5.41, 5.74) is 1.13. The first kappa shape index (κ1) is 13.5. The average Bonchev–Trinajstić information content (AvgIpc) is 3.20. The van der Waals surface area contributed by atoms with Gasteiger partial charge in [0.25, 0.3) is 0 Å². The summed E-state index contributed by atoms with van der Waals surface area (Å²) in [5.74, 6) is 2.08. The molecule has 1 saturated carbocycles. The van der Waals surface area contributed by atoms with Crippen LogP contribution in [0.1, 0.15) is 31.4 Å². The van der Waals surface area contributed by atoms with E-state index in [2.05, 4.69) is 18.3 Å². The van der Waals surface area contributed by atoms with Crippen molar-refractivity contribution in [2.75, 3.05) is 20.8 Å². The van der Waals surface area contributed by atoms with Gasteiger partial charge in [-0.05, 0) is 37.4 Å². The number of benzene rings is 1. The molecule has 1 aliphatic rings. The van der Waals surface area contributed by atoms with Crippen molar-refractivity contribution in [3.63, 3.8) is 0 Å². The van der Waals surface area contributed by atoms with E-state index in [4.69, 9.17) is 21.1 Å². The van der Waals surface area contributed by atoms with Crippen molar-refractivity contribution >= 4 is 11.6 Å². The number of halogens is 1. The van der Waals surface area contributed by atoms with Gasteiger partial charge in [0.05, 0.1) is 14.2 Å². The van der Waals surface area contributed by atoms with E-state index in [-0.39, 0.29) is 0 Å². The summed E-state index contributed by atoms with van der Waals surface area (Å²) in [5, 5.41) is 4.08. The van der Waals surface area contributed by atoms with E-state index in [1.165, 1.54) is 12.8 Å². The lowest BCUT2D eigenvalue weighted by Crippen LogP contribution is -2.23. The van der Waals surface area contributed by atoms with Crippen LogP contribution >= 0.6 is 11.6 Å². The van der Waals surface area contributed by atoms with Gasteiger partial charge in [-0.25, -0.2) is 0 Å². The molecule has 1 aromatic rings. The van der Waals surface area contributed by atoms with E-state index in [0.29, 0.717) is 22.7 Å². The van der Waals surface area contributed by atoms with Gasteiger partial charge in [-0.15, -0.1) is 0 Å². The monoisotopic (exact) mass is 269 g/mol. The fraction of sp³-hybridized carbons (Fsp3) is 0.571. The molecule has 0 radical (unpaired) electrons. The van der Waals surface area contributed by atoms with Gasteiger partial charge in [-0.2, -0.15) is 0 Å². The lowest BCUT2D eigenvalue weighted by Gasteiger charge is -2.22. The van der Waals surface area contributed by atoms with Crippen LogP contribution in [0.15, 0.2) is 12.1 Å². The summed E-state index contributed by atoms with van der Waals surface area (Å²) in [4.78, 5) is 0. The summed E-state index contributed by atoms with van der Waals surface area (Å²) in [6.07, 6.45) is 2.54. The molecule has 1 aromatic carbocycles. The minimum atomic E-state index is 0.327. The van der Waals surface area contributed by atoms with Crippen molar-refractivity contribution < 1.29 is 9.47 Å². The second kappa shape index (κ2) is 5.81. The highest BCUT2D eigenvalue weighted by molar-refractivity contribution is 6.33. The smallest absolute Gasteiger partial charge is 0.146 e. The largest absolute Gasteiger partial charge is 0.495 e. The second-order valence-corrected chi connectivity index (χ2v) is 4.96. The SMILES string of the molecule is CCNC(c1ccc(OC)c(Cl)c1OC)C1CC1. The van der Waals surface area contributed by atoms with Crippen LogP contribution in [0.3, 0.4) is 0 Å². The number of hydrogen-bond acceptors (Lipinski definition) is 3. The summed E-state index contributed by atoms with van der Waals surface area (Å²) in [6, 6.07) is 4.29. The molecular formula is C14H20ClNO2. The predicted octanol–water partition coefficient (Wildman–Crippen LogP) is 3.42. The summed E-state index contributed by atoms with van der Waals surface area (Å²) < 4.78 is 10.7. The maximum Gasteiger partial charge on any atom is 0.146 e. The van der Waals surface area contributed by atoms with E-state index in [1.54, 1.807) is 14.2 Å². The van der Waals surface area contributed by atoms with Crippen molar-refractivity contribution in [3.05, 3.63) is 22.7 Å². The van der Waals surface area contributed by atoms with Gasteiger partial charge in [0.1, 0.15) is 16.5 Å². The Labute approximate surface area is 113 Å². The van der Waals surface area contributed by atoms with Gasteiger partial charge in [0, 0.05) is 11.6 Å². The standard InChI is InChI=1S/C14H20ClNO2/c1-4-16-13(9-5-6-9)10-7-8-11(17-2)12(15)14(10)18-3/h7-9,13,16H,4-6H2,1-3H3. The van der Waals surface area contributed by atoms with Crippen molar-refractivity contribution in [3.8, 4) is 11.5 Å². The molecule has 18 heavy (non-hydrogen) atoms. The Hall–Kier alpha value is -0.930. The first-order valence-corrected chi connectivity index (χ1v) is 6.74. The fourth-order valence-electron chi connectivity index (χ4n) is 2.34. The average molecular weight is 270 g/mol. The van der Waals surface area contributed by atoms with Crippen LogP contribution in [0.4, 0.5) is 0 Å². The van der Waals surface area contributed by atoms with E-state index >= 15 is 0 Å². The molecule has 0 bridgehead atoms. The van der Waals surface area contributed by atoms with Gasteiger partial charge in [-0.3, -0.25) is 0 Å². The van der Waals surface area contributed by atoms with Crippen LogP contribution in [0.25, 0.3) is 0 Å². The molecule has 1 aliphatic carbocycles. The Morgan fingerprint density at radius 1 is 1.33 bits per heavy atom. The quantitative estimate of drug-likeness (QED) is 0.858. The number of nitrogens with one attached hydrogen (secondary N) is 1. The Bertz CT molecular complexity index is 419. The maximum absolute atomic E-state index is 6.31. The minimum absolute atomic E-state index is 0.327. The van der Waals surface area contributed by atoms with Gasteiger partial charge < -0.3 is 14.8 Å². The van der Waals surface area contributed by atoms with Gasteiger partial charge >= 0.3 is 0 Å². The van der Waals surface area contributed by atoms with Crippen molar-refractivity contribution in [2.45, 2.75) is 25.8 Å². The zero-order valence-electron chi connectivity index (χ0n) is 11.1. The molecule has 1 fully saturated rings. The predicted molar refractivity (Wildman–Crippen MR) is 73.7 cm³/mol. The molecule has 3 nitrogen and oxygen atoms in total. The number of rotatable bonds is 6. The zero-order chi connectivity index (χ0) is 13.1. The molecule has 1 unspecified atom stereocenters. The number of methoxy groups -OCH3 is 2. The summed E-state index contributed by atoms with van der Waals surface area (Å²) in [6.45, 7) is 3.06. The van der Waals surface area contributed by atoms with Gasteiger partial charge in [-0.1, -0.05) is 18.5 Å². The Morgan fingerprint density at radius 3 is 2.56 bits per heavy atom. The van der Waals surface area contributed by atoms with E-state index in [1.807, 2.05) is 6.07 Å². The first-order chi connectivity index (χ1) is 8.72. The summed E-state index contributed by atoms with van der Waals surface area (Å²) >= 11 is 6.31. The second-order valence-electron chi connectivity index (χ2n) is 4.58. The molecule has 0 saturated heterocycles. The van der Waals surface area contributed by atoms with Crippen LogP contribution in [-0.2, 0) is 0 Å². The fourth-order valence-corrected chi connectivity index (χ4v) is 2.67. The van der Waals surface area contributed by atoms with Crippen LogP contribution in [0, 0.1) is 5.92 Å². The van der Waals surface area contributed by atoms with Gasteiger partial charge in [0.2, 0.25) is 0 Å². The third-order valence-corrected chi connectivity index (χ3v) is 3.73. The molecule has 1 atom stereocenters. The minimum Gasteiger partial charge on any atom is -0.495 e. The lowest BCUT2D eigenvalue weighted by atomic mass is 10.0. The molecule has 0 aromatic heterocycles. The molecular weight excluding hydrogens is 250 g/mol. The summed E-state index contributed by atoms with van der Waals surface area (Å²) in [7, 11) is 3.27. The molecule has 4 heteroatoms. The van der Waals surface area contributed by atoms with Gasteiger partial charge in [0.15, 0.2) is 0 Å².